The molecule has 7 nitrogen and oxygen atoms in total. The van der Waals surface area contributed by atoms with E-state index in [0.29, 0.717) is 5.56 Å². The van der Waals surface area contributed by atoms with E-state index in [0.717, 1.165) is 11.0 Å². The summed E-state index contributed by atoms with van der Waals surface area (Å²) in [5.41, 5.74) is -0.316. The lowest BCUT2D eigenvalue weighted by atomic mass is 10.1. The second-order valence-electron chi connectivity index (χ2n) is 6.60. The van der Waals surface area contributed by atoms with Crippen LogP contribution in [0.15, 0.2) is 66.7 Å². The number of carbonyl (C=O) groups excluding carboxylic acids is 2. The maximum absolute atomic E-state index is 12.8. The Hall–Kier alpha value is -4.08. The zero-order valence-electron chi connectivity index (χ0n) is 15.6. The Morgan fingerprint density at radius 2 is 1.65 bits per heavy atom. The lowest BCUT2D eigenvalue weighted by molar-refractivity contribution is -0.141. The highest BCUT2D eigenvalue weighted by Gasteiger charge is 2.40. The average Bonchev–Trinajstić information content (AvgIpc) is 3.03. The van der Waals surface area contributed by atoms with Crippen LogP contribution in [0.3, 0.4) is 0 Å². The van der Waals surface area contributed by atoms with Crippen LogP contribution in [0.4, 0.5) is 23.7 Å². The van der Waals surface area contributed by atoms with Crippen LogP contribution in [0.1, 0.15) is 17.3 Å². The molecule has 0 aliphatic carbocycles. The highest BCUT2D eigenvalue weighted by Crippen LogP contribution is 2.32. The number of phenolic OH excluding ortho intramolecular Hbond substituents is 1. The van der Waals surface area contributed by atoms with Crippen LogP contribution in [0.2, 0.25) is 0 Å². The minimum atomic E-state index is -4.60. The summed E-state index contributed by atoms with van der Waals surface area (Å²) < 4.78 is 43.7. The molecule has 10 heteroatoms. The summed E-state index contributed by atoms with van der Waals surface area (Å²) in [6.45, 7) is 0. The molecule has 31 heavy (non-hydrogen) atoms. The highest BCUT2D eigenvalue weighted by atomic mass is 19.4. The molecule has 1 unspecified atom stereocenters. The smallest absolute Gasteiger partial charge is 0.433 e. The molecule has 4 rings (SSSR count). The van der Waals surface area contributed by atoms with Crippen molar-refractivity contribution in [2.24, 2.45) is 0 Å². The van der Waals surface area contributed by atoms with Gasteiger partial charge in [0.2, 0.25) is 5.88 Å². The second-order valence-corrected chi connectivity index (χ2v) is 6.60. The maximum atomic E-state index is 12.8. The second kappa shape index (κ2) is 7.63. The first-order valence-corrected chi connectivity index (χ1v) is 8.98. The van der Waals surface area contributed by atoms with E-state index in [2.05, 4.69) is 10.3 Å². The Bertz CT molecular complexity index is 1130. The molecule has 2 N–H and O–H groups in total. The molecule has 0 spiro atoms. The molecule has 2 aromatic carbocycles. The van der Waals surface area contributed by atoms with Gasteiger partial charge in [-0.1, -0.05) is 18.2 Å². The van der Waals surface area contributed by atoms with Gasteiger partial charge >= 0.3 is 12.2 Å². The van der Waals surface area contributed by atoms with Gasteiger partial charge in [0.1, 0.15) is 23.2 Å². The number of alkyl halides is 3. The molecule has 158 valence electrons. The Morgan fingerprint density at radius 1 is 0.968 bits per heavy atom. The number of halogens is 3. The third kappa shape index (κ3) is 4.13. The number of amides is 3. The summed E-state index contributed by atoms with van der Waals surface area (Å²) in [7, 11) is 0. The quantitative estimate of drug-likeness (QED) is 0.600. The topological polar surface area (TPSA) is 91.8 Å². The molecule has 1 fully saturated rings. The maximum Gasteiger partial charge on any atom is 0.433 e. The zero-order chi connectivity index (χ0) is 22.2. The number of aromatic hydroxyl groups is 1. The number of ether oxygens (including phenoxy) is 1. The van der Waals surface area contributed by atoms with Crippen molar-refractivity contribution in [2.75, 3.05) is 4.90 Å². The fourth-order valence-corrected chi connectivity index (χ4v) is 3.03. The van der Waals surface area contributed by atoms with Crippen LogP contribution >= 0.6 is 0 Å². The molecular formula is C21H14F3N3O4. The van der Waals surface area contributed by atoms with Gasteiger partial charge in [-0.15, -0.1) is 0 Å². The number of imide groups is 1. The van der Waals surface area contributed by atoms with E-state index in [9.17, 15) is 27.9 Å². The summed E-state index contributed by atoms with van der Waals surface area (Å²) in [5.74, 6) is -0.546. The molecule has 1 aliphatic heterocycles. The number of nitrogens with one attached hydrogen (secondary N) is 1. The Kier molecular flexibility index (Phi) is 4.97. The van der Waals surface area contributed by atoms with Gasteiger partial charge in [-0.2, -0.15) is 13.2 Å². The molecule has 1 atom stereocenters. The van der Waals surface area contributed by atoms with Crippen LogP contribution in [0, 0.1) is 0 Å². The molecule has 1 aliphatic rings. The number of hydrogen-bond acceptors (Lipinski definition) is 5. The molecule has 1 saturated heterocycles. The monoisotopic (exact) mass is 429 g/mol. The number of rotatable bonds is 4. The van der Waals surface area contributed by atoms with Gasteiger partial charge in [-0.05, 0) is 48.0 Å². The molecular weight excluding hydrogens is 415 g/mol. The molecule has 1 aromatic heterocycles. The van der Waals surface area contributed by atoms with Crippen molar-refractivity contribution in [1.29, 1.82) is 0 Å². The molecule has 0 radical (unpaired) electrons. The predicted octanol–water partition coefficient (Wildman–Crippen LogP) is 4.40. The molecule has 2 heterocycles. The van der Waals surface area contributed by atoms with E-state index in [1.165, 1.54) is 60.7 Å². The third-order valence-corrected chi connectivity index (χ3v) is 4.50. The number of carbonyl (C=O) groups is 2. The first-order chi connectivity index (χ1) is 14.7. The zero-order valence-corrected chi connectivity index (χ0v) is 15.6. The Balaban J connectivity index is 1.51. The van der Waals surface area contributed by atoms with E-state index >= 15 is 0 Å². The minimum absolute atomic E-state index is 0.0308. The van der Waals surface area contributed by atoms with E-state index in [-0.39, 0.29) is 23.1 Å². The van der Waals surface area contributed by atoms with Crippen molar-refractivity contribution in [3.63, 3.8) is 0 Å². The number of urea groups is 1. The van der Waals surface area contributed by atoms with Crippen molar-refractivity contribution in [1.82, 2.24) is 10.3 Å². The van der Waals surface area contributed by atoms with Crippen molar-refractivity contribution in [2.45, 2.75) is 12.2 Å². The number of aromatic nitrogens is 1. The lowest BCUT2D eigenvalue weighted by Crippen LogP contribution is -2.30. The SMILES string of the molecule is O=C1NC(c2ccc(O)cc2)C(=O)N1c1ccc(Oc2cccc(C(F)(F)F)n2)cc1. The van der Waals surface area contributed by atoms with E-state index < -0.39 is 29.9 Å². The van der Waals surface area contributed by atoms with Crippen molar-refractivity contribution >= 4 is 17.6 Å². The van der Waals surface area contributed by atoms with Gasteiger partial charge in [-0.3, -0.25) is 4.79 Å². The summed E-state index contributed by atoms with van der Waals surface area (Å²) >= 11 is 0. The number of pyridine rings is 1. The molecule has 0 saturated carbocycles. The van der Waals surface area contributed by atoms with Crippen LogP contribution in [0.25, 0.3) is 0 Å². The average molecular weight is 429 g/mol. The third-order valence-electron chi connectivity index (χ3n) is 4.50. The fourth-order valence-electron chi connectivity index (χ4n) is 3.03. The summed E-state index contributed by atoms with van der Waals surface area (Å²) in [4.78, 5) is 29.4. The van der Waals surface area contributed by atoms with Gasteiger partial charge in [0, 0.05) is 6.07 Å². The summed E-state index contributed by atoms with van der Waals surface area (Å²) in [5, 5.41) is 12.0. The Labute approximate surface area is 173 Å². The molecule has 0 bridgehead atoms. The van der Waals surface area contributed by atoms with Gasteiger partial charge in [0.25, 0.3) is 5.91 Å². The summed E-state index contributed by atoms with van der Waals surface area (Å²) in [6.07, 6.45) is -4.60. The standard InChI is InChI=1S/C21H14F3N3O4/c22-21(23,24)16-2-1-3-17(25-16)31-15-10-6-13(7-11-15)27-19(29)18(26-20(27)30)12-4-8-14(28)9-5-12/h1-11,18,28H,(H,26,30). The van der Waals surface area contributed by atoms with Crippen molar-refractivity contribution in [3.8, 4) is 17.4 Å². The number of nitrogens with zero attached hydrogens (tertiary/aromatic N) is 2. The van der Waals surface area contributed by atoms with Gasteiger partial charge in [-0.25, -0.2) is 14.7 Å². The van der Waals surface area contributed by atoms with Crippen LogP contribution in [-0.4, -0.2) is 22.0 Å². The summed E-state index contributed by atoms with van der Waals surface area (Å²) in [6, 6.07) is 13.3. The largest absolute Gasteiger partial charge is 0.508 e. The van der Waals surface area contributed by atoms with Crippen molar-refractivity contribution in [3.05, 3.63) is 78.0 Å². The van der Waals surface area contributed by atoms with E-state index in [1.807, 2.05) is 0 Å². The van der Waals surface area contributed by atoms with Crippen LogP contribution in [-0.2, 0) is 11.0 Å². The van der Waals surface area contributed by atoms with Crippen LogP contribution < -0.4 is 15.0 Å². The van der Waals surface area contributed by atoms with Crippen LogP contribution in [0.5, 0.6) is 17.4 Å². The molecule has 3 amide bonds. The van der Waals surface area contributed by atoms with E-state index in [4.69, 9.17) is 4.74 Å². The number of hydrogen-bond donors (Lipinski definition) is 2. The van der Waals surface area contributed by atoms with Crippen molar-refractivity contribution < 1.29 is 32.6 Å². The lowest BCUT2D eigenvalue weighted by Gasteiger charge is -2.14. The minimum Gasteiger partial charge on any atom is -0.508 e. The van der Waals surface area contributed by atoms with Gasteiger partial charge < -0.3 is 15.2 Å². The number of anilines is 1. The first-order valence-electron chi connectivity index (χ1n) is 8.98. The Morgan fingerprint density at radius 3 is 2.29 bits per heavy atom. The fraction of sp³-hybridized carbons (Fsp3) is 0.0952. The predicted molar refractivity (Wildman–Crippen MR) is 103 cm³/mol. The number of benzene rings is 2. The normalized spacial score (nSPS) is 16.4. The number of phenols is 1. The van der Waals surface area contributed by atoms with E-state index in [1.54, 1.807) is 0 Å². The first kappa shape index (κ1) is 20.2. The van der Waals surface area contributed by atoms with Gasteiger partial charge in [0.05, 0.1) is 5.69 Å². The molecule has 3 aromatic rings. The highest BCUT2D eigenvalue weighted by molar-refractivity contribution is 6.21. The van der Waals surface area contributed by atoms with Gasteiger partial charge in [0.15, 0.2) is 0 Å².